The molecular weight excluding hydrogens is 309 g/mol. The first-order chi connectivity index (χ1) is 9.99. The molecule has 0 fully saturated rings. The number of carbonyl (C=O) groups is 2. The molecule has 2 N–H and O–H groups in total. The van der Waals surface area contributed by atoms with Crippen molar-refractivity contribution in [3.8, 4) is 0 Å². The van der Waals surface area contributed by atoms with Crippen LogP contribution < -0.4 is 61.8 Å². The van der Waals surface area contributed by atoms with Gasteiger partial charge in [-0.05, 0) is 13.3 Å². The van der Waals surface area contributed by atoms with Crippen LogP contribution in [0.25, 0.3) is 0 Å². The van der Waals surface area contributed by atoms with Gasteiger partial charge in [0, 0.05) is 6.42 Å². The Labute approximate surface area is 177 Å². The van der Waals surface area contributed by atoms with Gasteiger partial charge in [-0.1, -0.05) is 58.3 Å². The first-order valence-electron chi connectivity index (χ1n) is 8.17. The normalized spacial score (nSPS) is 13.0. The van der Waals surface area contributed by atoms with E-state index >= 15 is 0 Å². The summed E-state index contributed by atoms with van der Waals surface area (Å²) < 4.78 is 0. The maximum absolute atomic E-state index is 11.6. The molecule has 6 heteroatoms. The summed E-state index contributed by atoms with van der Waals surface area (Å²) in [5.74, 6) is -1.79. The minimum atomic E-state index is -1.45. The van der Waals surface area contributed by atoms with Crippen LogP contribution in [-0.4, -0.2) is 29.1 Å². The molecule has 5 nitrogen and oxygen atoms in total. The molecule has 0 unspecified atom stereocenters. The molecule has 0 rings (SSSR count). The van der Waals surface area contributed by atoms with Crippen molar-refractivity contribution in [2.75, 3.05) is 0 Å². The fourth-order valence-electron chi connectivity index (χ4n) is 2.22. The second-order valence-corrected chi connectivity index (χ2v) is 5.68. The molecular formula is C16H30KNO4. The van der Waals surface area contributed by atoms with E-state index in [9.17, 15) is 19.8 Å². The minimum absolute atomic E-state index is 0. The Hall–Kier alpha value is 0.536. The van der Waals surface area contributed by atoms with Crippen LogP contribution in [0, 0.1) is 0 Å². The number of carboxylic acids is 1. The van der Waals surface area contributed by atoms with Crippen molar-refractivity contribution in [3.05, 3.63) is 0 Å². The minimum Gasteiger partial charge on any atom is -0.548 e. The average molecular weight is 340 g/mol. The van der Waals surface area contributed by atoms with E-state index in [-0.39, 0.29) is 57.3 Å². The number of unbranched alkanes of at least 4 members (excludes halogenated alkanes) is 8. The van der Waals surface area contributed by atoms with E-state index in [2.05, 4.69) is 12.2 Å². The van der Waals surface area contributed by atoms with Crippen molar-refractivity contribution in [2.45, 2.75) is 90.2 Å². The van der Waals surface area contributed by atoms with Crippen LogP contribution in [0.5, 0.6) is 0 Å². The fraction of sp³-hybridized carbons (Fsp3) is 0.875. The van der Waals surface area contributed by atoms with Crippen molar-refractivity contribution in [2.24, 2.45) is 0 Å². The molecule has 0 radical (unpaired) electrons. The molecule has 0 bridgehead atoms. The number of aliphatic carboxylic acids is 1. The summed E-state index contributed by atoms with van der Waals surface area (Å²) in [5, 5.41) is 22.2. The Bertz CT molecular complexity index is 298. The first-order valence-corrected chi connectivity index (χ1v) is 8.17. The van der Waals surface area contributed by atoms with Gasteiger partial charge in [0.2, 0.25) is 5.91 Å². The van der Waals surface area contributed by atoms with Crippen molar-refractivity contribution in [3.63, 3.8) is 0 Å². The Balaban J connectivity index is 0. The van der Waals surface area contributed by atoms with Crippen molar-refractivity contribution in [1.29, 1.82) is 0 Å². The van der Waals surface area contributed by atoms with Crippen molar-refractivity contribution in [1.82, 2.24) is 5.32 Å². The second kappa shape index (κ2) is 16.4. The largest absolute Gasteiger partial charge is 1.00 e. The number of amides is 1. The summed E-state index contributed by atoms with van der Waals surface area (Å²) in [4.78, 5) is 22.3. The molecule has 0 aromatic carbocycles. The molecule has 0 saturated carbocycles. The number of hydrogen-bond acceptors (Lipinski definition) is 4. The van der Waals surface area contributed by atoms with Crippen LogP contribution in [0.4, 0.5) is 0 Å². The fourth-order valence-corrected chi connectivity index (χ4v) is 2.22. The molecule has 1 amide bonds. The summed E-state index contributed by atoms with van der Waals surface area (Å²) in [6.45, 7) is 3.52. The Kier molecular flexibility index (Phi) is 18.5. The molecule has 0 aromatic heterocycles. The third-order valence-corrected chi connectivity index (χ3v) is 3.56. The molecule has 22 heavy (non-hydrogen) atoms. The molecule has 0 heterocycles. The van der Waals surface area contributed by atoms with Crippen LogP contribution in [0.2, 0.25) is 0 Å². The Morgan fingerprint density at radius 1 is 1.00 bits per heavy atom. The van der Waals surface area contributed by atoms with E-state index in [1.807, 2.05) is 0 Å². The summed E-state index contributed by atoms with van der Waals surface area (Å²) >= 11 is 0. The summed E-state index contributed by atoms with van der Waals surface area (Å²) in [6.07, 6.45) is 9.60. The summed E-state index contributed by atoms with van der Waals surface area (Å²) in [5.41, 5.74) is 0. The maximum atomic E-state index is 11.6. The van der Waals surface area contributed by atoms with Gasteiger partial charge in [0.25, 0.3) is 0 Å². The maximum Gasteiger partial charge on any atom is 1.00 e. The molecule has 0 spiro atoms. The molecule has 0 aliphatic rings. The van der Waals surface area contributed by atoms with Gasteiger partial charge in [-0.2, -0.15) is 0 Å². The zero-order chi connectivity index (χ0) is 16.1. The van der Waals surface area contributed by atoms with E-state index in [4.69, 9.17) is 0 Å². The second-order valence-electron chi connectivity index (χ2n) is 5.68. The predicted molar refractivity (Wildman–Crippen MR) is 80.5 cm³/mol. The Morgan fingerprint density at radius 2 is 1.45 bits per heavy atom. The first kappa shape index (κ1) is 24.8. The van der Waals surface area contributed by atoms with Crippen LogP contribution in [0.3, 0.4) is 0 Å². The molecule has 0 saturated heterocycles. The Morgan fingerprint density at radius 3 is 1.86 bits per heavy atom. The zero-order valence-corrected chi connectivity index (χ0v) is 17.5. The van der Waals surface area contributed by atoms with E-state index in [0.717, 1.165) is 19.3 Å². The standard InChI is InChI=1S/C16H31NO4.K/c1-3-4-5-6-7-8-9-10-11-12-14(19)17-15(13(2)18)16(20)21;/h13,15,18H,3-12H2,1-2H3,(H,17,19)(H,20,21);/q;+1/p-1/t13-,15+;/m1./s1. The van der Waals surface area contributed by atoms with Gasteiger partial charge in [-0.15, -0.1) is 0 Å². The topological polar surface area (TPSA) is 89.5 Å². The van der Waals surface area contributed by atoms with E-state index in [0.29, 0.717) is 6.42 Å². The molecule has 2 atom stereocenters. The summed E-state index contributed by atoms with van der Waals surface area (Å²) in [7, 11) is 0. The van der Waals surface area contributed by atoms with Crippen molar-refractivity contribution >= 4 is 11.9 Å². The third kappa shape index (κ3) is 14.1. The van der Waals surface area contributed by atoms with Gasteiger partial charge >= 0.3 is 51.4 Å². The molecule has 124 valence electrons. The van der Waals surface area contributed by atoms with Gasteiger partial charge in [-0.25, -0.2) is 0 Å². The van der Waals surface area contributed by atoms with Gasteiger partial charge in [-0.3, -0.25) is 4.79 Å². The smallest absolute Gasteiger partial charge is 0.548 e. The number of aliphatic hydroxyl groups excluding tert-OH is 1. The predicted octanol–water partition coefficient (Wildman–Crippen LogP) is -1.47. The van der Waals surface area contributed by atoms with Gasteiger partial charge in [0.15, 0.2) is 0 Å². The van der Waals surface area contributed by atoms with Gasteiger partial charge in [0.05, 0.1) is 18.1 Å². The summed E-state index contributed by atoms with van der Waals surface area (Å²) in [6, 6.07) is -1.32. The van der Waals surface area contributed by atoms with E-state index < -0.39 is 18.1 Å². The van der Waals surface area contributed by atoms with Crippen molar-refractivity contribution < 1.29 is 71.2 Å². The number of carboxylic acid groups (broad SMARTS) is 1. The SMILES string of the molecule is CCCCCCCCCCCC(=O)N[C@H](C(=O)[O-])[C@@H](C)O.[K+]. The molecule has 0 aliphatic carbocycles. The monoisotopic (exact) mass is 339 g/mol. The number of nitrogens with one attached hydrogen (secondary N) is 1. The van der Waals surface area contributed by atoms with Crippen LogP contribution in [0.15, 0.2) is 0 Å². The van der Waals surface area contributed by atoms with Crippen LogP contribution in [-0.2, 0) is 9.59 Å². The van der Waals surface area contributed by atoms with Gasteiger partial charge < -0.3 is 20.3 Å². The average Bonchev–Trinajstić information content (AvgIpc) is 2.42. The van der Waals surface area contributed by atoms with Gasteiger partial charge in [0.1, 0.15) is 0 Å². The molecule has 0 aromatic rings. The zero-order valence-electron chi connectivity index (χ0n) is 14.4. The number of rotatable bonds is 13. The van der Waals surface area contributed by atoms with E-state index in [1.54, 1.807) is 0 Å². The quantitative estimate of drug-likeness (QED) is 0.317. The third-order valence-electron chi connectivity index (χ3n) is 3.56. The number of aliphatic hydroxyl groups is 1. The number of carbonyl (C=O) groups excluding carboxylic acids is 2. The number of hydrogen-bond donors (Lipinski definition) is 2. The van der Waals surface area contributed by atoms with Crippen LogP contribution in [0.1, 0.15) is 78.1 Å². The van der Waals surface area contributed by atoms with E-state index in [1.165, 1.54) is 45.4 Å². The molecule has 0 aliphatic heterocycles. The van der Waals surface area contributed by atoms with Crippen LogP contribution >= 0.6 is 0 Å².